The number of furan rings is 1. The number of carbonyl (C=O) groups is 3. The standard InChI is InChI=1S/C13H14O4/c1-7-6-9(8(2)17-7)13(16)12-10(14)4-3-5-11(12)15/h6,12H,3-5H2,1-2H3. The van der Waals surface area contributed by atoms with E-state index in [0.717, 1.165) is 0 Å². The van der Waals surface area contributed by atoms with Crippen molar-refractivity contribution in [1.29, 1.82) is 0 Å². The van der Waals surface area contributed by atoms with Gasteiger partial charge in [0.05, 0.1) is 5.56 Å². The topological polar surface area (TPSA) is 64.3 Å². The molecule has 17 heavy (non-hydrogen) atoms. The molecule has 0 amide bonds. The highest BCUT2D eigenvalue weighted by Crippen LogP contribution is 2.24. The highest BCUT2D eigenvalue weighted by atomic mass is 16.3. The molecule has 4 heteroatoms. The predicted octanol–water partition coefficient (Wildman–Crippen LogP) is 2.02. The number of ketones is 3. The average Bonchev–Trinajstić information content (AvgIpc) is 2.57. The Hall–Kier alpha value is -1.71. The summed E-state index contributed by atoms with van der Waals surface area (Å²) in [4.78, 5) is 35.5. The van der Waals surface area contributed by atoms with Gasteiger partial charge in [0, 0.05) is 12.8 Å². The van der Waals surface area contributed by atoms with E-state index < -0.39 is 11.7 Å². The molecule has 0 radical (unpaired) electrons. The van der Waals surface area contributed by atoms with Gasteiger partial charge in [-0.25, -0.2) is 0 Å². The molecule has 2 rings (SSSR count). The van der Waals surface area contributed by atoms with E-state index in [1.54, 1.807) is 19.9 Å². The fourth-order valence-corrected chi connectivity index (χ4v) is 2.23. The minimum absolute atomic E-state index is 0.260. The first-order valence-corrected chi connectivity index (χ1v) is 5.67. The lowest BCUT2D eigenvalue weighted by Crippen LogP contribution is -2.35. The quantitative estimate of drug-likeness (QED) is 0.580. The zero-order valence-electron chi connectivity index (χ0n) is 9.91. The van der Waals surface area contributed by atoms with E-state index in [4.69, 9.17) is 4.42 Å². The zero-order chi connectivity index (χ0) is 12.6. The van der Waals surface area contributed by atoms with Gasteiger partial charge in [0.15, 0.2) is 17.3 Å². The number of hydrogen-bond donors (Lipinski definition) is 0. The molecule has 4 nitrogen and oxygen atoms in total. The van der Waals surface area contributed by atoms with Crippen molar-refractivity contribution < 1.29 is 18.8 Å². The summed E-state index contributed by atoms with van der Waals surface area (Å²) in [5.41, 5.74) is 0.358. The second-order valence-electron chi connectivity index (χ2n) is 4.41. The maximum atomic E-state index is 12.2. The molecule has 1 heterocycles. The maximum Gasteiger partial charge on any atom is 0.184 e. The number of Topliss-reactive ketones (excluding diaryl/α,β-unsaturated/α-hetero) is 3. The lowest BCUT2D eigenvalue weighted by molar-refractivity contribution is -0.133. The molecule has 0 aromatic carbocycles. The Morgan fingerprint density at radius 2 is 1.82 bits per heavy atom. The SMILES string of the molecule is Cc1cc(C(=O)C2C(=O)CCCC2=O)c(C)o1. The van der Waals surface area contributed by atoms with Gasteiger partial charge in [-0.2, -0.15) is 0 Å². The van der Waals surface area contributed by atoms with Gasteiger partial charge in [-0.05, 0) is 26.3 Å². The Labute approximate surface area is 99.0 Å². The molecule has 0 spiro atoms. The van der Waals surface area contributed by atoms with Gasteiger partial charge in [-0.1, -0.05) is 0 Å². The number of rotatable bonds is 2. The van der Waals surface area contributed by atoms with E-state index >= 15 is 0 Å². The van der Waals surface area contributed by atoms with E-state index in [1.165, 1.54) is 0 Å². The van der Waals surface area contributed by atoms with Crippen molar-refractivity contribution in [1.82, 2.24) is 0 Å². The van der Waals surface area contributed by atoms with Crippen molar-refractivity contribution in [3.05, 3.63) is 23.2 Å². The van der Waals surface area contributed by atoms with Crippen LogP contribution in [0.2, 0.25) is 0 Å². The fraction of sp³-hybridized carbons (Fsp3) is 0.462. The Morgan fingerprint density at radius 1 is 1.24 bits per heavy atom. The Balaban J connectivity index is 2.33. The van der Waals surface area contributed by atoms with Crippen molar-refractivity contribution in [2.45, 2.75) is 33.1 Å². The summed E-state index contributed by atoms with van der Waals surface area (Å²) in [7, 11) is 0. The Bertz CT molecular complexity index is 480. The molecule has 0 unspecified atom stereocenters. The van der Waals surface area contributed by atoms with Crippen LogP contribution >= 0.6 is 0 Å². The Morgan fingerprint density at radius 3 is 2.29 bits per heavy atom. The van der Waals surface area contributed by atoms with Crippen LogP contribution < -0.4 is 0 Å². The van der Waals surface area contributed by atoms with E-state index in [-0.39, 0.29) is 11.6 Å². The summed E-state index contributed by atoms with van der Waals surface area (Å²) in [6.45, 7) is 3.40. The fourth-order valence-electron chi connectivity index (χ4n) is 2.23. The first kappa shape index (κ1) is 11.8. The van der Waals surface area contributed by atoms with Gasteiger partial charge >= 0.3 is 0 Å². The van der Waals surface area contributed by atoms with Crippen molar-refractivity contribution in [3.63, 3.8) is 0 Å². The first-order valence-electron chi connectivity index (χ1n) is 5.67. The van der Waals surface area contributed by atoms with Gasteiger partial charge in [0.2, 0.25) is 0 Å². The molecule has 0 bridgehead atoms. The van der Waals surface area contributed by atoms with Crippen molar-refractivity contribution >= 4 is 17.3 Å². The van der Waals surface area contributed by atoms with Crippen LogP contribution in [0, 0.1) is 19.8 Å². The van der Waals surface area contributed by atoms with E-state index in [2.05, 4.69) is 0 Å². The maximum absolute atomic E-state index is 12.2. The van der Waals surface area contributed by atoms with E-state index in [0.29, 0.717) is 36.3 Å². The summed E-state index contributed by atoms with van der Waals surface area (Å²) in [5, 5.41) is 0. The zero-order valence-corrected chi connectivity index (χ0v) is 9.91. The second-order valence-corrected chi connectivity index (χ2v) is 4.41. The molecule has 0 saturated heterocycles. The molecule has 1 saturated carbocycles. The highest BCUT2D eigenvalue weighted by Gasteiger charge is 2.37. The molecule has 90 valence electrons. The van der Waals surface area contributed by atoms with E-state index in [1.807, 2.05) is 0 Å². The lowest BCUT2D eigenvalue weighted by Gasteiger charge is -2.17. The van der Waals surface area contributed by atoms with Crippen LogP contribution in [0.4, 0.5) is 0 Å². The minimum Gasteiger partial charge on any atom is -0.466 e. The lowest BCUT2D eigenvalue weighted by atomic mass is 9.82. The number of carbonyl (C=O) groups excluding carboxylic acids is 3. The third kappa shape index (κ3) is 2.07. The van der Waals surface area contributed by atoms with Crippen LogP contribution in [0.25, 0.3) is 0 Å². The number of hydrogen-bond acceptors (Lipinski definition) is 4. The largest absolute Gasteiger partial charge is 0.466 e. The van der Waals surface area contributed by atoms with Crippen LogP contribution in [0.15, 0.2) is 10.5 Å². The molecule has 1 aromatic heterocycles. The molecular formula is C13H14O4. The van der Waals surface area contributed by atoms with Crippen molar-refractivity contribution in [2.24, 2.45) is 5.92 Å². The normalized spacial score (nSPS) is 17.5. The smallest absolute Gasteiger partial charge is 0.184 e. The van der Waals surface area contributed by atoms with Crippen LogP contribution in [0.5, 0.6) is 0 Å². The molecule has 0 aliphatic heterocycles. The molecule has 1 aliphatic carbocycles. The summed E-state index contributed by atoms with van der Waals surface area (Å²) in [6, 6.07) is 1.59. The van der Waals surface area contributed by atoms with Crippen LogP contribution in [-0.4, -0.2) is 17.3 Å². The second kappa shape index (κ2) is 4.28. The Kier molecular flexibility index (Phi) is 2.96. The molecule has 1 aliphatic rings. The summed E-state index contributed by atoms with van der Waals surface area (Å²) < 4.78 is 5.25. The average molecular weight is 234 g/mol. The third-order valence-electron chi connectivity index (χ3n) is 3.06. The van der Waals surface area contributed by atoms with Gasteiger partial charge in [0.1, 0.15) is 17.4 Å². The third-order valence-corrected chi connectivity index (χ3v) is 3.06. The van der Waals surface area contributed by atoms with E-state index in [9.17, 15) is 14.4 Å². The molecule has 1 aromatic rings. The van der Waals surface area contributed by atoms with Crippen molar-refractivity contribution in [2.75, 3.05) is 0 Å². The van der Waals surface area contributed by atoms with Crippen LogP contribution in [0.1, 0.15) is 41.1 Å². The molecular weight excluding hydrogens is 220 g/mol. The highest BCUT2D eigenvalue weighted by molar-refractivity contribution is 6.25. The summed E-state index contributed by atoms with van der Waals surface area (Å²) in [5.74, 6) is -0.942. The summed E-state index contributed by atoms with van der Waals surface area (Å²) >= 11 is 0. The minimum atomic E-state index is -1.10. The van der Waals surface area contributed by atoms with Crippen LogP contribution in [-0.2, 0) is 9.59 Å². The predicted molar refractivity (Wildman–Crippen MR) is 59.9 cm³/mol. The molecule has 0 atom stereocenters. The first-order chi connectivity index (χ1) is 8.00. The summed E-state index contributed by atoms with van der Waals surface area (Å²) in [6.07, 6.45) is 1.20. The van der Waals surface area contributed by atoms with Gasteiger partial charge in [-0.3, -0.25) is 14.4 Å². The molecule has 1 fully saturated rings. The van der Waals surface area contributed by atoms with Gasteiger partial charge in [-0.15, -0.1) is 0 Å². The monoisotopic (exact) mass is 234 g/mol. The molecule has 0 N–H and O–H groups in total. The van der Waals surface area contributed by atoms with Crippen molar-refractivity contribution in [3.8, 4) is 0 Å². The number of aryl methyl sites for hydroxylation is 2. The van der Waals surface area contributed by atoms with Gasteiger partial charge < -0.3 is 4.42 Å². The van der Waals surface area contributed by atoms with Crippen LogP contribution in [0.3, 0.4) is 0 Å². The van der Waals surface area contributed by atoms with Gasteiger partial charge in [0.25, 0.3) is 0 Å².